The summed E-state index contributed by atoms with van der Waals surface area (Å²) in [5.41, 5.74) is 12.8. The molecule has 28 heavy (non-hydrogen) atoms. The maximum atomic E-state index is 13.1. The average molecular weight is 392 g/mol. The molecule has 1 aromatic heterocycles. The quantitative estimate of drug-likeness (QED) is 0.695. The molecule has 0 unspecified atom stereocenters. The van der Waals surface area contributed by atoms with Crippen molar-refractivity contribution in [2.45, 2.75) is 44.3 Å². The molecular weight excluding hydrogens is 369 g/mol. The van der Waals surface area contributed by atoms with Crippen LogP contribution in [0.2, 0.25) is 0 Å². The molecule has 4 rings (SSSR count). The van der Waals surface area contributed by atoms with Gasteiger partial charge in [0.15, 0.2) is 0 Å². The van der Waals surface area contributed by atoms with Crippen LogP contribution in [0.15, 0.2) is 18.2 Å². The lowest BCUT2D eigenvalue weighted by molar-refractivity contribution is -0.136. The molecule has 2 aliphatic rings. The first-order valence-electron chi connectivity index (χ1n) is 9.45. The van der Waals surface area contributed by atoms with Crippen LogP contribution in [0.25, 0.3) is 0 Å². The number of aryl methyl sites for hydroxylation is 1. The number of hydrogen-bond donors (Lipinski definition) is 3. The third-order valence-electron chi connectivity index (χ3n) is 5.28. The standard InChI is InChI=1S/C19H23F3N6/c20-19(21,22)14-9-12(6-7-15(14)24)25-18-26-16-5-1-4-13(16)17(27-18)28-8-2-3-11(23)10-28/h6-7,9,11H,1-5,8,10,23-24H2,(H,25,26,27)/t11-/m1/s1. The number of fused-ring (bicyclic) bond motifs is 1. The van der Waals surface area contributed by atoms with Crippen LogP contribution in [0.4, 0.5) is 36.3 Å². The van der Waals surface area contributed by atoms with E-state index >= 15 is 0 Å². The van der Waals surface area contributed by atoms with E-state index in [9.17, 15) is 13.2 Å². The summed E-state index contributed by atoms with van der Waals surface area (Å²) in [5, 5.41) is 2.93. The second-order valence-electron chi connectivity index (χ2n) is 7.42. The first-order valence-corrected chi connectivity index (χ1v) is 9.45. The van der Waals surface area contributed by atoms with Crippen molar-refractivity contribution in [1.29, 1.82) is 0 Å². The molecular formula is C19H23F3N6. The fourth-order valence-corrected chi connectivity index (χ4v) is 3.94. The van der Waals surface area contributed by atoms with Crippen molar-refractivity contribution in [2.75, 3.05) is 29.0 Å². The van der Waals surface area contributed by atoms with Crippen LogP contribution in [0.1, 0.15) is 36.1 Å². The van der Waals surface area contributed by atoms with Gasteiger partial charge >= 0.3 is 6.18 Å². The second kappa shape index (κ2) is 7.12. The Hall–Kier alpha value is -2.55. The molecule has 0 spiro atoms. The Labute approximate surface area is 161 Å². The highest BCUT2D eigenvalue weighted by atomic mass is 19.4. The van der Waals surface area contributed by atoms with Gasteiger partial charge in [0, 0.05) is 36.1 Å². The minimum atomic E-state index is -4.52. The zero-order chi connectivity index (χ0) is 19.9. The monoisotopic (exact) mass is 392 g/mol. The van der Waals surface area contributed by atoms with Crippen LogP contribution >= 0.6 is 0 Å². The van der Waals surface area contributed by atoms with Gasteiger partial charge < -0.3 is 21.7 Å². The zero-order valence-electron chi connectivity index (χ0n) is 15.4. The minimum absolute atomic E-state index is 0.101. The van der Waals surface area contributed by atoms with Gasteiger partial charge in [-0.2, -0.15) is 18.2 Å². The smallest absolute Gasteiger partial charge is 0.398 e. The summed E-state index contributed by atoms with van der Waals surface area (Å²) < 4.78 is 39.4. The molecule has 1 fully saturated rings. The first kappa shape index (κ1) is 18.8. The third kappa shape index (κ3) is 3.71. The Morgan fingerprint density at radius 2 is 1.96 bits per heavy atom. The van der Waals surface area contributed by atoms with E-state index in [2.05, 4.69) is 20.2 Å². The lowest BCUT2D eigenvalue weighted by atomic mass is 10.1. The highest BCUT2D eigenvalue weighted by Gasteiger charge is 2.33. The number of nitrogens with one attached hydrogen (secondary N) is 1. The fraction of sp³-hybridized carbons (Fsp3) is 0.474. The van der Waals surface area contributed by atoms with Gasteiger partial charge in [-0.3, -0.25) is 0 Å². The van der Waals surface area contributed by atoms with Gasteiger partial charge in [0.25, 0.3) is 0 Å². The zero-order valence-corrected chi connectivity index (χ0v) is 15.4. The van der Waals surface area contributed by atoms with E-state index < -0.39 is 11.7 Å². The lowest BCUT2D eigenvalue weighted by Crippen LogP contribution is -2.43. The average Bonchev–Trinajstić information content (AvgIpc) is 3.10. The van der Waals surface area contributed by atoms with E-state index in [4.69, 9.17) is 11.5 Å². The molecule has 0 bridgehead atoms. The van der Waals surface area contributed by atoms with Gasteiger partial charge in [-0.15, -0.1) is 0 Å². The van der Waals surface area contributed by atoms with E-state index in [1.165, 1.54) is 12.1 Å². The van der Waals surface area contributed by atoms with Crippen LogP contribution in [0.5, 0.6) is 0 Å². The Bertz CT molecular complexity index is 883. The maximum Gasteiger partial charge on any atom is 0.418 e. The summed E-state index contributed by atoms with van der Waals surface area (Å²) in [6.07, 6.45) is 0.220. The van der Waals surface area contributed by atoms with Gasteiger partial charge in [-0.05, 0) is 50.3 Å². The fourth-order valence-electron chi connectivity index (χ4n) is 3.94. The van der Waals surface area contributed by atoms with Crippen LogP contribution in [0, 0.1) is 0 Å². The molecule has 1 saturated heterocycles. The summed E-state index contributed by atoms with van der Waals surface area (Å²) in [4.78, 5) is 11.4. The topological polar surface area (TPSA) is 93.1 Å². The van der Waals surface area contributed by atoms with Gasteiger partial charge in [0.2, 0.25) is 5.95 Å². The summed E-state index contributed by atoms with van der Waals surface area (Å²) in [6.45, 7) is 1.60. The molecule has 0 amide bonds. The number of hydrogen-bond acceptors (Lipinski definition) is 6. The van der Waals surface area contributed by atoms with E-state index in [0.717, 1.165) is 68.3 Å². The number of nitrogens with zero attached hydrogens (tertiary/aromatic N) is 3. The molecule has 1 aromatic carbocycles. The van der Waals surface area contributed by atoms with E-state index in [1.54, 1.807) is 0 Å². The molecule has 0 saturated carbocycles. The van der Waals surface area contributed by atoms with E-state index in [-0.39, 0.29) is 17.4 Å². The molecule has 2 heterocycles. The highest BCUT2D eigenvalue weighted by Crippen LogP contribution is 2.36. The molecule has 2 aromatic rings. The Morgan fingerprint density at radius 3 is 2.71 bits per heavy atom. The predicted octanol–water partition coefficient (Wildman–Crippen LogP) is 3.24. The van der Waals surface area contributed by atoms with Crippen LogP contribution in [0.3, 0.4) is 0 Å². The number of piperidine rings is 1. The van der Waals surface area contributed by atoms with Gasteiger partial charge in [0.1, 0.15) is 5.82 Å². The second-order valence-corrected chi connectivity index (χ2v) is 7.42. The van der Waals surface area contributed by atoms with E-state index in [0.29, 0.717) is 5.95 Å². The van der Waals surface area contributed by atoms with Gasteiger partial charge in [-0.25, -0.2) is 4.98 Å². The van der Waals surface area contributed by atoms with Crippen LogP contribution in [-0.4, -0.2) is 29.1 Å². The molecule has 0 radical (unpaired) electrons. The summed E-state index contributed by atoms with van der Waals surface area (Å²) >= 11 is 0. The molecule has 1 atom stereocenters. The Kier molecular flexibility index (Phi) is 4.78. The number of anilines is 4. The largest absolute Gasteiger partial charge is 0.418 e. The number of nitrogens with two attached hydrogens (primary N) is 2. The van der Waals surface area contributed by atoms with Crippen molar-refractivity contribution in [3.8, 4) is 0 Å². The van der Waals surface area contributed by atoms with Crippen molar-refractivity contribution in [3.63, 3.8) is 0 Å². The van der Waals surface area contributed by atoms with Crippen LogP contribution < -0.4 is 21.7 Å². The lowest BCUT2D eigenvalue weighted by Gasteiger charge is -2.33. The molecule has 150 valence electrons. The number of aromatic nitrogens is 2. The van der Waals surface area contributed by atoms with Crippen molar-refractivity contribution < 1.29 is 13.2 Å². The van der Waals surface area contributed by atoms with E-state index in [1.807, 2.05) is 0 Å². The number of alkyl halides is 3. The van der Waals surface area contributed by atoms with Crippen molar-refractivity contribution in [2.24, 2.45) is 5.73 Å². The SMILES string of the molecule is Nc1ccc(Nc2nc3c(c(N4CCC[C@@H](N)C4)n2)CCC3)cc1C(F)(F)F. The minimum Gasteiger partial charge on any atom is -0.398 e. The predicted molar refractivity (Wildman–Crippen MR) is 103 cm³/mol. The number of rotatable bonds is 3. The van der Waals surface area contributed by atoms with Crippen molar-refractivity contribution in [3.05, 3.63) is 35.0 Å². The molecule has 5 N–H and O–H groups in total. The van der Waals surface area contributed by atoms with Gasteiger partial charge in [0.05, 0.1) is 11.3 Å². The summed E-state index contributed by atoms with van der Waals surface area (Å²) in [5.74, 6) is 1.15. The molecule has 6 nitrogen and oxygen atoms in total. The first-order chi connectivity index (χ1) is 13.3. The number of benzene rings is 1. The maximum absolute atomic E-state index is 13.1. The Balaban J connectivity index is 1.67. The molecule has 1 aliphatic heterocycles. The van der Waals surface area contributed by atoms with Gasteiger partial charge in [-0.1, -0.05) is 0 Å². The van der Waals surface area contributed by atoms with Crippen molar-refractivity contribution >= 4 is 23.1 Å². The van der Waals surface area contributed by atoms with Crippen LogP contribution in [-0.2, 0) is 19.0 Å². The highest BCUT2D eigenvalue weighted by molar-refractivity contribution is 5.64. The summed E-state index contributed by atoms with van der Waals surface area (Å²) in [7, 11) is 0. The van der Waals surface area contributed by atoms with Crippen molar-refractivity contribution in [1.82, 2.24) is 9.97 Å². The number of halogens is 3. The summed E-state index contributed by atoms with van der Waals surface area (Å²) in [6, 6.07) is 3.83. The third-order valence-corrected chi connectivity index (χ3v) is 5.28. The Morgan fingerprint density at radius 1 is 1.14 bits per heavy atom. The molecule has 1 aliphatic carbocycles. The molecule has 9 heteroatoms. The number of nitrogen functional groups attached to an aromatic ring is 1. The normalized spacial score (nSPS) is 19.6.